The molecule has 1 aliphatic carbocycles. The van der Waals surface area contributed by atoms with Gasteiger partial charge in [-0.1, -0.05) is 30.3 Å². The zero-order valence-electron chi connectivity index (χ0n) is 11.3. The van der Waals surface area contributed by atoms with Crippen molar-refractivity contribution >= 4 is 11.5 Å². The molecule has 0 atom stereocenters. The first-order chi connectivity index (χ1) is 9.61. The molecule has 1 aliphatic rings. The van der Waals surface area contributed by atoms with Gasteiger partial charge < -0.3 is 5.32 Å². The molecule has 0 heterocycles. The van der Waals surface area contributed by atoms with Crippen molar-refractivity contribution in [2.75, 3.05) is 5.32 Å². The third-order valence-electron chi connectivity index (χ3n) is 3.82. The minimum atomic E-state index is -0.322. The first kappa shape index (κ1) is 12.9. The average Bonchev–Trinajstić information content (AvgIpc) is 3.23. The van der Waals surface area contributed by atoms with Crippen LogP contribution in [0.2, 0.25) is 0 Å². The zero-order valence-corrected chi connectivity index (χ0v) is 11.3. The zero-order chi connectivity index (χ0) is 14.2. The molecule has 2 aromatic rings. The summed E-state index contributed by atoms with van der Waals surface area (Å²) in [6, 6.07) is 14.5. The predicted octanol–water partition coefficient (Wildman–Crippen LogP) is 4.13. The van der Waals surface area contributed by atoms with Gasteiger partial charge in [-0.05, 0) is 43.5 Å². The van der Waals surface area contributed by atoms with Crippen molar-refractivity contribution in [2.45, 2.75) is 25.3 Å². The second-order valence-corrected chi connectivity index (χ2v) is 5.32. The number of nitrogens with one attached hydrogen (secondary N) is 1. The van der Waals surface area contributed by atoms with Crippen LogP contribution in [-0.4, -0.2) is 5.78 Å². The SMILES string of the molecule is CC(=O)c1ccc(F)c(NC2(c3ccccc3)CC2)c1. The molecule has 2 nitrogen and oxygen atoms in total. The fourth-order valence-corrected chi connectivity index (χ4v) is 2.47. The maximum absolute atomic E-state index is 13.9. The summed E-state index contributed by atoms with van der Waals surface area (Å²) in [6.07, 6.45) is 1.95. The van der Waals surface area contributed by atoms with Crippen molar-refractivity contribution in [3.63, 3.8) is 0 Å². The van der Waals surface area contributed by atoms with E-state index in [9.17, 15) is 9.18 Å². The van der Waals surface area contributed by atoms with Gasteiger partial charge in [0, 0.05) is 5.56 Å². The number of carbonyl (C=O) groups is 1. The number of carbonyl (C=O) groups excluding carboxylic acids is 1. The maximum Gasteiger partial charge on any atom is 0.159 e. The van der Waals surface area contributed by atoms with Gasteiger partial charge in [0.25, 0.3) is 0 Å². The van der Waals surface area contributed by atoms with E-state index in [2.05, 4.69) is 5.32 Å². The standard InChI is InChI=1S/C17H16FNO/c1-12(20)13-7-8-15(18)16(11-13)19-17(9-10-17)14-5-3-2-4-6-14/h2-8,11,19H,9-10H2,1H3. The van der Waals surface area contributed by atoms with Crippen molar-refractivity contribution in [3.05, 3.63) is 65.5 Å². The summed E-state index contributed by atoms with van der Waals surface area (Å²) in [5.74, 6) is -0.380. The Hall–Kier alpha value is -2.16. The van der Waals surface area contributed by atoms with Crippen LogP contribution >= 0.6 is 0 Å². The number of anilines is 1. The van der Waals surface area contributed by atoms with Crippen LogP contribution in [0.3, 0.4) is 0 Å². The second-order valence-electron chi connectivity index (χ2n) is 5.32. The van der Waals surface area contributed by atoms with Crippen LogP contribution in [0.5, 0.6) is 0 Å². The van der Waals surface area contributed by atoms with Crippen LogP contribution in [0.25, 0.3) is 0 Å². The summed E-state index contributed by atoms with van der Waals surface area (Å²) in [5.41, 5.74) is 1.90. The topological polar surface area (TPSA) is 29.1 Å². The molecule has 1 saturated carbocycles. The number of hydrogen-bond donors (Lipinski definition) is 1. The lowest BCUT2D eigenvalue weighted by Gasteiger charge is -2.20. The first-order valence-electron chi connectivity index (χ1n) is 6.75. The van der Waals surface area contributed by atoms with Gasteiger partial charge in [0.2, 0.25) is 0 Å². The summed E-state index contributed by atoms with van der Waals surface area (Å²) >= 11 is 0. The van der Waals surface area contributed by atoms with Gasteiger partial charge in [-0.3, -0.25) is 4.79 Å². The van der Waals surface area contributed by atoms with Gasteiger partial charge in [-0.15, -0.1) is 0 Å². The van der Waals surface area contributed by atoms with E-state index < -0.39 is 0 Å². The van der Waals surface area contributed by atoms with Crippen LogP contribution in [0.1, 0.15) is 35.7 Å². The molecule has 0 amide bonds. The molecule has 2 aromatic carbocycles. The lowest BCUT2D eigenvalue weighted by molar-refractivity contribution is 0.101. The molecule has 0 saturated heterocycles. The van der Waals surface area contributed by atoms with Crippen molar-refractivity contribution in [2.24, 2.45) is 0 Å². The molecule has 20 heavy (non-hydrogen) atoms. The minimum absolute atomic E-state index is 0.0578. The second kappa shape index (κ2) is 4.75. The van der Waals surface area contributed by atoms with Gasteiger partial charge in [0.1, 0.15) is 5.82 Å². The molecule has 1 N–H and O–H groups in total. The van der Waals surface area contributed by atoms with E-state index in [4.69, 9.17) is 0 Å². The number of Topliss-reactive ketones (excluding diaryl/α,β-unsaturated/α-hetero) is 1. The molecule has 0 spiro atoms. The van der Waals surface area contributed by atoms with E-state index >= 15 is 0 Å². The number of ketones is 1. The van der Waals surface area contributed by atoms with Gasteiger partial charge in [-0.25, -0.2) is 4.39 Å². The van der Waals surface area contributed by atoms with E-state index in [-0.39, 0.29) is 17.1 Å². The molecular weight excluding hydrogens is 253 g/mol. The normalized spacial score (nSPS) is 15.7. The van der Waals surface area contributed by atoms with E-state index in [1.54, 1.807) is 6.07 Å². The van der Waals surface area contributed by atoms with E-state index in [0.717, 1.165) is 18.4 Å². The molecule has 0 aromatic heterocycles. The number of halogens is 1. The highest BCUT2D eigenvalue weighted by Crippen LogP contribution is 2.48. The van der Waals surface area contributed by atoms with Crippen molar-refractivity contribution in [3.8, 4) is 0 Å². The monoisotopic (exact) mass is 269 g/mol. The van der Waals surface area contributed by atoms with Gasteiger partial charge in [0.15, 0.2) is 5.78 Å². The van der Waals surface area contributed by atoms with Crippen molar-refractivity contribution < 1.29 is 9.18 Å². The minimum Gasteiger partial charge on any atom is -0.373 e. The van der Waals surface area contributed by atoms with Crippen LogP contribution < -0.4 is 5.32 Å². The maximum atomic E-state index is 13.9. The number of rotatable bonds is 4. The van der Waals surface area contributed by atoms with Gasteiger partial charge in [0.05, 0.1) is 11.2 Å². The van der Waals surface area contributed by atoms with E-state index in [1.807, 2.05) is 30.3 Å². The Morgan fingerprint density at radius 3 is 2.45 bits per heavy atom. The third-order valence-corrected chi connectivity index (χ3v) is 3.82. The molecular formula is C17H16FNO. The predicted molar refractivity (Wildman–Crippen MR) is 77.4 cm³/mol. The Balaban J connectivity index is 1.92. The summed E-state index contributed by atoms with van der Waals surface area (Å²) in [7, 11) is 0. The molecule has 1 fully saturated rings. The molecule has 0 aliphatic heterocycles. The Bertz CT molecular complexity index is 647. The Morgan fingerprint density at radius 1 is 1.15 bits per heavy atom. The molecule has 0 radical (unpaired) electrons. The Kier molecular flexibility index (Phi) is 3.05. The van der Waals surface area contributed by atoms with Crippen LogP contribution in [-0.2, 0) is 5.54 Å². The van der Waals surface area contributed by atoms with Crippen LogP contribution in [0, 0.1) is 5.82 Å². The molecule has 3 heteroatoms. The lowest BCUT2D eigenvalue weighted by atomic mass is 10.0. The fourth-order valence-electron chi connectivity index (χ4n) is 2.47. The molecule has 0 bridgehead atoms. The average molecular weight is 269 g/mol. The first-order valence-corrected chi connectivity index (χ1v) is 6.75. The van der Waals surface area contributed by atoms with E-state index in [0.29, 0.717) is 11.3 Å². The lowest BCUT2D eigenvalue weighted by Crippen LogP contribution is -2.19. The van der Waals surface area contributed by atoms with Crippen LogP contribution in [0.15, 0.2) is 48.5 Å². The third kappa shape index (κ3) is 2.31. The van der Waals surface area contributed by atoms with Gasteiger partial charge in [-0.2, -0.15) is 0 Å². The summed E-state index contributed by atoms with van der Waals surface area (Å²) in [4.78, 5) is 11.4. The molecule has 0 unspecified atom stereocenters. The fraction of sp³-hybridized carbons (Fsp3) is 0.235. The highest BCUT2D eigenvalue weighted by atomic mass is 19.1. The number of hydrogen-bond acceptors (Lipinski definition) is 2. The Labute approximate surface area is 117 Å². The van der Waals surface area contributed by atoms with E-state index in [1.165, 1.54) is 19.1 Å². The highest BCUT2D eigenvalue weighted by molar-refractivity contribution is 5.95. The highest BCUT2D eigenvalue weighted by Gasteiger charge is 2.44. The number of benzene rings is 2. The Morgan fingerprint density at radius 2 is 1.85 bits per heavy atom. The van der Waals surface area contributed by atoms with Crippen molar-refractivity contribution in [1.82, 2.24) is 0 Å². The summed E-state index contributed by atoms with van der Waals surface area (Å²) in [6.45, 7) is 1.49. The van der Waals surface area contributed by atoms with Crippen LogP contribution in [0.4, 0.5) is 10.1 Å². The summed E-state index contributed by atoms with van der Waals surface area (Å²) < 4.78 is 13.9. The molecule has 3 rings (SSSR count). The summed E-state index contributed by atoms with van der Waals surface area (Å²) in [5, 5.41) is 3.28. The smallest absolute Gasteiger partial charge is 0.159 e. The largest absolute Gasteiger partial charge is 0.373 e. The molecule has 102 valence electrons. The van der Waals surface area contributed by atoms with Crippen molar-refractivity contribution in [1.29, 1.82) is 0 Å². The quantitative estimate of drug-likeness (QED) is 0.845. The van der Waals surface area contributed by atoms with Gasteiger partial charge >= 0.3 is 0 Å².